The van der Waals surface area contributed by atoms with Crippen molar-refractivity contribution in [1.82, 2.24) is 19.8 Å². The molecule has 6 heteroatoms. The summed E-state index contributed by atoms with van der Waals surface area (Å²) < 4.78 is 12.2. The lowest BCUT2D eigenvalue weighted by atomic mass is 10.0. The van der Waals surface area contributed by atoms with Crippen molar-refractivity contribution in [2.24, 2.45) is 0 Å². The van der Waals surface area contributed by atoms with E-state index in [-0.39, 0.29) is 0 Å². The van der Waals surface area contributed by atoms with Gasteiger partial charge in [0.2, 0.25) is 11.8 Å². The molecule has 6 rings (SSSR count). The van der Waals surface area contributed by atoms with E-state index < -0.39 is 0 Å². The van der Waals surface area contributed by atoms with E-state index in [9.17, 15) is 0 Å². The summed E-state index contributed by atoms with van der Waals surface area (Å²) in [5.74, 6) is 1.17. The fourth-order valence-corrected chi connectivity index (χ4v) is 5.70. The largest absolute Gasteiger partial charge is 0.437 e. The molecule has 0 unspecified atom stereocenters. The predicted octanol–water partition coefficient (Wildman–Crippen LogP) is 6.73. The lowest BCUT2D eigenvalue weighted by molar-refractivity contribution is 0.221. The van der Waals surface area contributed by atoms with Crippen LogP contribution in [0.25, 0.3) is 34.4 Å². The molecule has 0 bridgehead atoms. The van der Waals surface area contributed by atoms with Crippen molar-refractivity contribution in [3.05, 3.63) is 58.3 Å². The van der Waals surface area contributed by atoms with Crippen molar-refractivity contribution >= 4 is 34.4 Å². The molecule has 0 saturated carbocycles. The molecule has 0 N–H and O–H groups in total. The average Bonchev–Trinajstić information content (AvgIpc) is 3.52. The van der Waals surface area contributed by atoms with Crippen molar-refractivity contribution < 1.29 is 8.83 Å². The van der Waals surface area contributed by atoms with E-state index in [0.717, 1.165) is 61.5 Å². The molecule has 0 amide bonds. The number of hydrogen-bond donors (Lipinski definition) is 0. The third-order valence-corrected chi connectivity index (χ3v) is 7.86. The number of rotatable bonds is 6. The number of benzene rings is 2. The Morgan fingerprint density at radius 1 is 0.639 bits per heavy atom. The summed E-state index contributed by atoms with van der Waals surface area (Å²) in [5.41, 5.74) is 8.71. The van der Waals surface area contributed by atoms with Crippen LogP contribution < -0.4 is 0 Å². The number of aryl methyl sites for hydroxylation is 2. The normalized spacial score (nSPS) is 18.2. The highest BCUT2D eigenvalue weighted by molar-refractivity contribution is 5.82. The number of hydrogen-bond acceptors (Lipinski definition) is 6. The summed E-state index contributed by atoms with van der Waals surface area (Å²) in [4.78, 5) is 14.8. The summed E-state index contributed by atoms with van der Waals surface area (Å²) in [5, 5.41) is 0. The molecule has 4 aromatic rings. The summed E-state index contributed by atoms with van der Waals surface area (Å²) in [6.07, 6.45) is 11.6. The Bertz CT molecular complexity index is 1280. The number of likely N-dealkylation sites (tertiary alicyclic amines) is 2. The lowest BCUT2D eigenvalue weighted by Gasteiger charge is -2.27. The number of oxazole rings is 2. The smallest absolute Gasteiger partial charge is 0.220 e. The van der Waals surface area contributed by atoms with E-state index >= 15 is 0 Å². The van der Waals surface area contributed by atoms with E-state index in [4.69, 9.17) is 18.8 Å². The summed E-state index contributed by atoms with van der Waals surface area (Å²) >= 11 is 0. The third-order valence-electron chi connectivity index (χ3n) is 7.86. The molecular formula is C30H36N4O2. The van der Waals surface area contributed by atoms with Gasteiger partial charge in [0.15, 0.2) is 11.2 Å². The van der Waals surface area contributed by atoms with Gasteiger partial charge in [-0.1, -0.05) is 25.0 Å². The maximum Gasteiger partial charge on any atom is 0.220 e. The number of piperidine rings is 2. The molecule has 188 valence electrons. The molecule has 0 aliphatic carbocycles. The molecule has 2 aromatic carbocycles. The van der Waals surface area contributed by atoms with Gasteiger partial charge < -0.3 is 8.83 Å². The molecule has 6 nitrogen and oxygen atoms in total. The molecule has 36 heavy (non-hydrogen) atoms. The van der Waals surface area contributed by atoms with Gasteiger partial charge in [0.05, 0.1) is 0 Å². The van der Waals surface area contributed by atoms with Crippen molar-refractivity contribution in [3.8, 4) is 0 Å². The zero-order valence-corrected chi connectivity index (χ0v) is 21.6. The van der Waals surface area contributed by atoms with Crippen LogP contribution >= 0.6 is 0 Å². The van der Waals surface area contributed by atoms with Gasteiger partial charge in [0, 0.05) is 25.2 Å². The second kappa shape index (κ2) is 10.2. The third kappa shape index (κ3) is 4.84. The second-order valence-corrected chi connectivity index (χ2v) is 10.5. The zero-order valence-electron chi connectivity index (χ0n) is 21.6. The van der Waals surface area contributed by atoms with Gasteiger partial charge in [0.25, 0.3) is 0 Å². The monoisotopic (exact) mass is 484 g/mol. The topological polar surface area (TPSA) is 58.5 Å². The fourth-order valence-electron chi connectivity index (χ4n) is 5.70. The lowest BCUT2D eigenvalue weighted by Crippen LogP contribution is -2.29. The van der Waals surface area contributed by atoms with E-state index in [1.54, 1.807) is 0 Å². The fraction of sp³-hybridized carbons (Fsp3) is 0.467. The van der Waals surface area contributed by atoms with Crippen LogP contribution in [-0.2, 0) is 13.1 Å². The Kier molecular flexibility index (Phi) is 6.63. The standard InChI is InChI=1S/C30H36N4O2/c1-21-9-11-25-29(23(21)19-33-15-5-3-6-16-33)31-27(35-25)13-14-28-32-30-24(20-34-17-7-4-8-18-34)22(2)10-12-26(30)36-28/h9-14H,3-8,15-20H2,1-2H3. The van der Waals surface area contributed by atoms with Crippen molar-refractivity contribution in [2.45, 2.75) is 65.5 Å². The molecule has 0 atom stereocenters. The quantitative estimate of drug-likeness (QED) is 0.302. The van der Waals surface area contributed by atoms with E-state index in [2.05, 4.69) is 35.8 Å². The van der Waals surface area contributed by atoms with E-state index in [1.165, 1.54) is 60.8 Å². The molecule has 0 radical (unpaired) electrons. The first-order chi connectivity index (χ1) is 17.6. The van der Waals surface area contributed by atoms with Gasteiger partial charge in [-0.05, 0) is 100 Å². The Morgan fingerprint density at radius 3 is 1.47 bits per heavy atom. The molecule has 2 fully saturated rings. The Balaban J connectivity index is 1.26. The van der Waals surface area contributed by atoms with Gasteiger partial charge in [0.1, 0.15) is 11.0 Å². The molecule has 4 heterocycles. The maximum absolute atomic E-state index is 6.10. The maximum atomic E-state index is 6.10. The predicted molar refractivity (Wildman–Crippen MR) is 145 cm³/mol. The summed E-state index contributed by atoms with van der Waals surface area (Å²) in [6, 6.07) is 8.36. The van der Waals surface area contributed by atoms with Crippen molar-refractivity contribution in [1.29, 1.82) is 0 Å². The first-order valence-electron chi connectivity index (χ1n) is 13.5. The first-order valence-corrected chi connectivity index (χ1v) is 13.5. The van der Waals surface area contributed by atoms with Crippen LogP contribution in [0.1, 0.15) is 72.6 Å². The van der Waals surface area contributed by atoms with Gasteiger partial charge in [-0.25, -0.2) is 9.97 Å². The van der Waals surface area contributed by atoms with Gasteiger partial charge >= 0.3 is 0 Å². The SMILES string of the molecule is Cc1ccc2oc(C=Cc3nc4c(CN5CCCCC5)c(C)ccc4o3)nc2c1CN1CCCCC1. The van der Waals surface area contributed by atoms with Crippen LogP contribution in [-0.4, -0.2) is 45.9 Å². The summed E-state index contributed by atoms with van der Waals surface area (Å²) in [6.45, 7) is 10.9. The molecular weight excluding hydrogens is 448 g/mol. The highest BCUT2D eigenvalue weighted by Gasteiger charge is 2.18. The minimum atomic E-state index is 0.586. The molecule has 2 aliphatic heterocycles. The minimum Gasteiger partial charge on any atom is -0.437 e. The highest BCUT2D eigenvalue weighted by atomic mass is 16.4. The van der Waals surface area contributed by atoms with Gasteiger partial charge in [-0.3, -0.25) is 9.80 Å². The number of nitrogens with zero attached hydrogens (tertiary/aromatic N) is 4. The minimum absolute atomic E-state index is 0.586. The Morgan fingerprint density at radius 2 is 1.06 bits per heavy atom. The molecule has 2 aromatic heterocycles. The van der Waals surface area contributed by atoms with Crippen LogP contribution in [0.3, 0.4) is 0 Å². The zero-order chi connectivity index (χ0) is 24.5. The van der Waals surface area contributed by atoms with E-state index in [1.807, 2.05) is 24.3 Å². The van der Waals surface area contributed by atoms with Crippen LogP contribution in [0.5, 0.6) is 0 Å². The molecule has 2 aliphatic rings. The summed E-state index contributed by atoms with van der Waals surface area (Å²) in [7, 11) is 0. The highest BCUT2D eigenvalue weighted by Crippen LogP contribution is 2.28. The van der Waals surface area contributed by atoms with Crippen LogP contribution in [0.4, 0.5) is 0 Å². The molecule has 2 saturated heterocycles. The van der Waals surface area contributed by atoms with Crippen LogP contribution in [0.2, 0.25) is 0 Å². The number of fused-ring (bicyclic) bond motifs is 2. The van der Waals surface area contributed by atoms with Gasteiger partial charge in [-0.2, -0.15) is 0 Å². The van der Waals surface area contributed by atoms with Crippen molar-refractivity contribution in [2.75, 3.05) is 26.2 Å². The first kappa shape index (κ1) is 23.4. The van der Waals surface area contributed by atoms with Gasteiger partial charge in [-0.15, -0.1) is 0 Å². The average molecular weight is 485 g/mol. The Labute approximate surface area is 213 Å². The molecule has 0 spiro atoms. The van der Waals surface area contributed by atoms with Crippen molar-refractivity contribution in [3.63, 3.8) is 0 Å². The Hall–Kier alpha value is -2.96. The van der Waals surface area contributed by atoms with E-state index in [0.29, 0.717) is 11.8 Å². The van der Waals surface area contributed by atoms with Crippen LogP contribution in [0.15, 0.2) is 33.1 Å². The van der Waals surface area contributed by atoms with Crippen LogP contribution in [0, 0.1) is 13.8 Å². The second-order valence-electron chi connectivity index (χ2n) is 10.5. The number of aromatic nitrogens is 2.